The molecule has 2 aromatic rings. The minimum atomic E-state index is 0.281. The smallest absolute Gasteiger partial charge is 0.0704 e. The van der Waals surface area contributed by atoms with Crippen molar-refractivity contribution >= 4 is 27.3 Å². The number of benzene rings is 1. The second kappa shape index (κ2) is 6.42. The summed E-state index contributed by atoms with van der Waals surface area (Å²) in [5, 5.41) is 3.66. The lowest BCUT2D eigenvalue weighted by atomic mass is 9.90. The van der Waals surface area contributed by atoms with Crippen LogP contribution >= 0.6 is 27.3 Å². The van der Waals surface area contributed by atoms with Gasteiger partial charge in [-0.25, -0.2) is 0 Å². The fourth-order valence-corrected chi connectivity index (χ4v) is 4.71. The van der Waals surface area contributed by atoms with Crippen LogP contribution in [0.25, 0.3) is 0 Å². The van der Waals surface area contributed by atoms with Crippen LogP contribution in [-0.2, 0) is 0 Å². The van der Waals surface area contributed by atoms with Gasteiger partial charge >= 0.3 is 0 Å². The van der Waals surface area contributed by atoms with Gasteiger partial charge in [0.2, 0.25) is 0 Å². The number of aryl methyl sites for hydroxylation is 4. The van der Waals surface area contributed by atoms with Crippen molar-refractivity contribution < 1.29 is 0 Å². The lowest BCUT2D eigenvalue weighted by Gasteiger charge is -2.23. The van der Waals surface area contributed by atoms with Crippen molar-refractivity contribution in [1.29, 1.82) is 0 Å². The molecular formula is C17H22BrNS. The van der Waals surface area contributed by atoms with E-state index in [9.17, 15) is 0 Å². The molecule has 1 heterocycles. The van der Waals surface area contributed by atoms with Crippen LogP contribution in [0.3, 0.4) is 0 Å². The summed E-state index contributed by atoms with van der Waals surface area (Å²) < 4.78 is 1.20. The molecule has 1 unspecified atom stereocenters. The molecule has 20 heavy (non-hydrogen) atoms. The summed E-state index contributed by atoms with van der Waals surface area (Å²) >= 11 is 5.42. The Morgan fingerprint density at radius 3 is 2.15 bits per heavy atom. The maximum absolute atomic E-state index is 3.66. The summed E-state index contributed by atoms with van der Waals surface area (Å²) in [6, 6.07) is 7.10. The standard InChI is InChI=1S/C17H22BrNS/c1-6-19-17(14-9-15(18)20-13(14)5)16-11(3)7-10(2)8-12(16)4/h7-9,17,19H,6H2,1-5H3. The highest BCUT2D eigenvalue weighted by Gasteiger charge is 2.21. The van der Waals surface area contributed by atoms with Gasteiger partial charge in [-0.05, 0) is 78.5 Å². The zero-order valence-electron chi connectivity index (χ0n) is 12.8. The molecule has 0 bridgehead atoms. The number of nitrogens with one attached hydrogen (secondary N) is 1. The largest absolute Gasteiger partial charge is 0.306 e. The third-order valence-corrected chi connectivity index (χ3v) is 5.24. The molecule has 108 valence electrons. The lowest BCUT2D eigenvalue weighted by Crippen LogP contribution is -2.24. The van der Waals surface area contributed by atoms with Crippen molar-refractivity contribution in [2.75, 3.05) is 6.54 Å². The number of rotatable bonds is 4. The SMILES string of the molecule is CCNC(c1cc(Br)sc1C)c1c(C)cc(C)cc1C. The quantitative estimate of drug-likeness (QED) is 0.772. The van der Waals surface area contributed by atoms with E-state index in [2.05, 4.69) is 74.1 Å². The summed E-state index contributed by atoms with van der Waals surface area (Å²) in [4.78, 5) is 1.38. The third-order valence-electron chi connectivity index (χ3n) is 3.67. The van der Waals surface area contributed by atoms with E-state index in [1.165, 1.54) is 36.5 Å². The van der Waals surface area contributed by atoms with Crippen molar-refractivity contribution in [3.63, 3.8) is 0 Å². The third kappa shape index (κ3) is 3.16. The minimum absolute atomic E-state index is 0.281. The summed E-state index contributed by atoms with van der Waals surface area (Å²) in [6.45, 7) is 11.9. The second-order valence-electron chi connectivity index (χ2n) is 5.37. The molecule has 2 rings (SSSR count). The van der Waals surface area contributed by atoms with Crippen LogP contribution in [0.1, 0.15) is 45.7 Å². The molecular weight excluding hydrogens is 330 g/mol. The molecule has 1 N–H and O–H groups in total. The number of thiophene rings is 1. The van der Waals surface area contributed by atoms with Gasteiger partial charge in [0.25, 0.3) is 0 Å². The van der Waals surface area contributed by atoms with Crippen molar-refractivity contribution in [3.8, 4) is 0 Å². The number of halogens is 1. The Balaban J connectivity index is 2.57. The van der Waals surface area contributed by atoms with Crippen molar-refractivity contribution in [2.45, 2.75) is 40.7 Å². The zero-order chi connectivity index (χ0) is 14.9. The van der Waals surface area contributed by atoms with E-state index in [0.717, 1.165) is 6.54 Å². The average Bonchev–Trinajstić information content (AvgIpc) is 2.66. The molecule has 0 radical (unpaired) electrons. The first kappa shape index (κ1) is 15.7. The zero-order valence-corrected chi connectivity index (χ0v) is 15.2. The molecule has 0 saturated heterocycles. The van der Waals surface area contributed by atoms with Gasteiger partial charge in [0.15, 0.2) is 0 Å². The Morgan fingerprint density at radius 2 is 1.70 bits per heavy atom. The van der Waals surface area contributed by atoms with E-state index in [0.29, 0.717) is 0 Å². The molecule has 0 aliphatic carbocycles. The van der Waals surface area contributed by atoms with E-state index in [4.69, 9.17) is 0 Å². The molecule has 1 aromatic carbocycles. The normalized spacial score (nSPS) is 12.7. The van der Waals surface area contributed by atoms with Crippen molar-refractivity contribution in [3.05, 3.63) is 54.7 Å². The molecule has 1 nitrogen and oxygen atoms in total. The Morgan fingerprint density at radius 1 is 1.10 bits per heavy atom. The summed E-state index contributed by atoms with van der Waals surface area (Å²) in [5.41, 5.74) is 6.89. The predicted molar refractivity (Wildman–Crippen MR) is 92.9 cm³/mol. The maximum Gasteiger partial charge on any atom is 0.0704 e. The van der Waals surface area contributed by atoms with Crippen molar-refractivity contribution in [1.82, 2.24) is 5.32 Å². The molecule has 3 heteroatoms. The highest BCUT2D eigenvalue weighted by Crippen LogP contribution is 2.36. The Labute approximate surface area is 134 Å². The minimum Gasteiger partial charge on any atom is -0.306 e. The maximum atomic E-state index is 3.66. The van der Waals surface area contributed by atoms with Gasteiger partial charge in [0, 0.05) is 4.88 Å². The van der Waals surface area contributed by atoms with Gasteiger partial charge in [-0.2, -0.15) is 0 Å². The van der Waals surface area contributed by atoms with Crippen LogP contribution < -0.4 is 5.32 Å². The molecule has 0 amide bonds. The van der Waals surface area contributed by atoms with E-state index in [-0.39, 0.29) is 6.04 Å². The monoisotopic (exact) mass is 351 g/mol. The van der Waals surface area contributed by atoms with Crippen molar-refractivity contribution in [2.24, 2.45) is 0 Å². The van der Waals surface area contributed by atoms with E-state index < -0.39 is 0 Å². The lowest BCUT2D eigenvalue weighted by molar-refractivity contribution is 0.624. The average molecular weight is 352 g/mol. The molecule has 1 aromatic heterocycles. The second-order valence-corrected chi connectivity index (χ2v) is 8.00. The summed E-state index contributed by atoms with van der Waals surface area (Å²) in [6.07, 6.45) is 0. The number of hydrogen-bond acceptors (Lipinski definition) is 2. The van der Waals surface area contributed by atoms with Crippen LogP contribution in [0.15, 0.2) is 22.0 Å². The van der Waals surface area contributed by atoms with Gasteiger partial charge < -0.3 is 5.32 Å². The Kier molecular flexibility index (Phi) is 5.05. The first-order valence-electron chi connectivity index (χ1n) is 7.01. The molecule has 0 saturated carbocycles. The van der Waals surface area contributed by atoms with Crippen LogP contribution in [0.2, 0.25) is 0 Å². The van der Waals surface area contributed by atoms with E-state index >= 15 is 0 Å². The highest BCUT2D eigenvalue weighted by atomic mass is 79.9. The van der Waals surface area contributed by atoms with E-state index in [1.807, 2.05) is 11.3 Å². The van der Waals surface area contributed by atoms with Crippen LogP contribution in [-0.4, -0.2) is 6.54 Å². The fourth-order valence-electron chi connectivity index (χ4n) is 2.96. The first-order chi connectivity index (χ1) is 9.43. The molecule has 0 spiro atoms. The molecule has 1 atom stereocenters. The molecule has 0 aliphatic heterocycles. The van der Waals surface area contributed by atoms with Gasteiger partial charge in [0.05, 0.1) is 9.83 Å². The number of hydrogen-bond donors (Lipinski definition) is 1. The molecule has 0 fully saturated rings. The molecule has 0 aliphatic rings. The van der Waals surface area contributed by atoms with Gasteiger partial charge in [0.1, 0.15) is 0 Å². The van der Waals surface area contributed by atoms with E-state index in [1.54, 1.807) is 0 Å². The summed E-state index contributed by atoms with van der Waals surface area (Å²) in [5.74, 6) is 0. The van der Waals surface area contributed by atoms with Crippen LogP contribution in [0.4, 0.5) is 0 Å². The van der Waals surface area contributed by atoms with Gasteiger partial charge in [-0.15, -0.1) is 11.3 Å². The Hall–Kier alpha value is -0.640. The van der Waals surface area contributed by atoms with Gasteiger partial charge in [-0.3, -0.25) is 0 Å². The van der Waals surface area contributed by atoms with Gasteiger partial charge in [-0.1, -0.05) is 24.6 Å². The van der Waals surface area contributed by atoms with Crippen LogP contribution in [0, 0.1) is 27.7 Å². The summed E-state index contributed by atoms with van der Waals surface area (Å²) in [7, 11) is 0. The predicted octanol–water partition coefficient (Wildman–Crippen LogP) is 5.44. The van der Waals surface area contributed by atoms with Crippen LogP contribution in [0.5, 0.6) is 0 Å². The topological polar surface area (TPSA) is 12.0 Å². The first-order valence-corrected chi connectivity index (χ1v) is 8.62. The fraction of sp³-hybridized carbons (Fsp3) is 0.412. The Bertz CT molecular complexity index is 592. The highest BCUT2D eigenvalue weighted by molar-refractivity contribution is 9.11.